The number of hydrogen-bond acceptors (Lipinski definition) is 2. The second-order valence-corrected chi connectivity index (χ2v) is 5.58. The maximum atomic E-state index is 13.1. The predicted octanol–water partition coefficient (Wildman–Crippen LogP) is 4.17. The molecular formula is C16H22F3NO. The Bertz CT molecular complexity index is 455. The molecule has 1 atom stereocenters. The third kappa shape index (κ3) is 3.98. The lowest BCUT2D eigenvalue weighted by atomic mass is 9.76. The van der Waals surface area contributed by atoms with Gasteiger partial charge in [-0.3, -0.25) is 0 Å². The standard InChI is InChI=1S/C16H22F3NO/c1-3-21-12-8-11(9-12)10-15(20-2)13-6-4-5-7-14(13)16(17,18)19/h4-7,11-12,15,20H,3,8-10H2,1-2H3. The van der Waals surface area contributed by atoms with Crippen LogP contribution in [-0.4, -0.2) is 19.8 Å². The van der Waals surface area contributed by atoms with E-state index < -0.39 is 11.7 Å². The van der Waals surface area contributed by atoms with Crippen molar-refractivity contribution < 1.29 is 17.9 Å². The van der Waals surface area contributed by atoms with E-state index in [1.165, 1.54) is 6.07 Å². The van der Waals surface area contributed by atoms with E-state index in [-0.39, 0.29) is 12.1 Å². The number of alkyl halides is 3. The van der Waals surface area contributed by atoms with Crippen LogP contribution in [0.3, 0.4) is 0 Å². The second-order valence-electron chi connectivity index (χ2n) is 5.58. The highest BCUT2D eigenvalue weighted by atomic mass is 19.4. The Balaban J connectivity index is 2.05. The predicted molar refractivity (Wildman–Crippen MR) is 76.0 cm³/mol. The van der Waals surface area contributed by atoms with E-state index in [1.54, 1.807) is 19.2 Å². The first-order valence-electron chi connectivity index (χ1n) is 7.40. The maximum Gasteiger partial charge on any atom is 0.416 e. The molecule has 0 radical (unpaired) electrons. The number of benzene rings is 1. The normalized spacial score (nSPS) is 23.7. The molecule has 1 aromatic rings. The molecule has 5 heteroatoms. The summed E-state index contributed by atoms with van der Waals surface area (Å²) in [6.07, 6.45) is -1.41. The maximum absolute atomic E-state index is 13.1. The molecule has 1 aliphatic carbocycles. The molecule has 0 heterocycles. The smallest absolute Gasteiger partial charge is 0.378 e. The number of ether oxygens (including phenoxy) is 1. The third-order valence-electron chi connectivity index (χ3n) is 4.15. The summed E-state index contributed by atoms with van der Waals surface area (Å²) in [5.41, 5.74) is -0.197. The lowest BCUT2D eigenvalue weighted by molar-refractivity contribution is -0.138. The summed E-state index contributed by atoms with van der Waals surface area (Å²) in [6, 6.07) is 5.56. The summed E-state index contributed by atoms with van der Waals surface area (Å²) < 4.78 is 44.8. The van der Waals surface area contributed by atoms with Crippen LogP contribution in [0.2, 0.25) is 0 Å². The Morgan fingerprint density at radius 2 is 1.95 bits per heavy atom. The minimum atomic E-state index is -4.31. The lowest BCUT2D eigenvalue weighted by Crippen LogP contribution is -2.34. The zero-order chi connectivity index (χ0) is 15.5. The summed E-state index contributed by atoms with van der Waals surface area (Å²) in [5.74, 6) is 0.431. The van der Waals surface area contributed by atoms with Gasteiger partial charge in [-0.15, -0.1) is 0 Å². The molecule has 1 fully saturated rings. The molecule has 1 aromatic carbocycles. The average Bonchev–Trinajstić information content (AvgIpc) is 2.40. The quantitative estimate of drug-likeness (QED) is 0.851. The molecule has 1 aliphatic rings. The van der Waals surface area contributed by atoms with Crippen molar-refractivity contribution in [1.82, 2.24) is 5.32 Å². The van der Waals surface area contributed by atoms with E-state index in [1.807, 2.05) is 6.92 Å². The first-order chi connectivity index (χ1) is 9.95. The zero-order valence-electron chi connectivity index (χ0n) is 12.4. The van der Waals surface area contributed by atoms with Gasteiger partial charge in [0, 0.05) is 12.6 Å². The largest absolute Gasteiger partial charge is 0.416 e. The van der Waals surface area contributed by atoms with E-state index in [0.717, 1.165) is 18.9 Å². The van der Waals surface area contributed by atoms with E-state index in [2.05, 4.69) is 5.32 Å². The van der Waals surface area contributed by atoms with Gasteiger partial charge in [-0.1, -0.05) is 18.2 Å². The number of rotatable bonds is 6. The monoisotopic (exact) mass is 301 g/mol. The van der Waals surface area contributed by atoms with Gasteiger partial charge in [0.25, 0.3) is 0 Å². The fraction of sp³-hybridized carbons (Fsp3) is 0.625. The summed E-state index contributed by atoms with van der Waals surface area (Å²) in [5, 5.41) is 3.04. The van der Waals surface area contributed by atoms with E-state index in [4.69, 9.17) is 4.74 Å². The molecule has 0 aromatic heterocycles. The van der Waals surface area contributed by atoms with Crippen LogP contribution in [0.5, 0.6) is 0 Å². The number of hydrogen-bond donors (Lipinski definition) is 1. The van der Waals surface area contributed by atoms with Crippen molar-refractivity contribution >= 4 is 0 Å². The SMILES string of the molecule is CCOC1CC(CC(NC)c2ccccc2C(F)(F)F)C1. The fourth-order valence-electron chi connectivity index (χ4n) is 3.03. The van der Waals surface area contributed by atoms with Crippen molar-refractivity contribution in [2.45, 2.75) is 44.5 Å². The van der Waals surface area contributed by atoms with Crippen molar-refractivity contribution in [1.29, 1.82) is 0 Å². The topological polar surface area (TPSA) is 21.3 Å². The first kappa shape index (κ1) is 16.3. The molecule has 0 bridgehead atoms. The van der Waals surface area contributed by atoms with Gasteiger partial charge in [0.1, 0.15) is 0 Å². The Morgan fingerprint density at radius 1 is 1.29 bits per heavy atom. The van der Waals surface area contributed by atoms with Crippen LogP contribution in [0.15, 0.2) is 24.3 Å². The van der Waals surface area contributed by atoms with Gasteiger partial charge in [0.05, 0.1) is 11.7 Å². The molecule has 2 nitrogen and oxygen atoms in total. The Labute approximate surface area is 123 Å². The van der Waals surface area contributed by atoms with E-state index in [0.29, 0.717) is 24.5 Å². The van der Waals surface area contributed by atoms with Gasteiger partial charge in [-0.25, -0.2) is 0 Å². The molecule has 0 amide bonds. The Kier molecular flexibility index (Phi) is 5.27. The molecule has 1 unspecified atom stereocenters. The Morgan fingerprint density at radius 3 is 2.52 bits per heavy atom. The molecule has 0 spiro atoms. The second kappa shape index (κ2) is 6.79. The fourth-order valence-corrected chi connectivity index (χ4v) is 3.03. The van der Waals surface area contributed by atoms with Gasteiger partial charge in [0.2, 0.25) is 0 Å². The van der Waals surface area contributed by atoms with Crippen LogP contribution >= 0.6 is 0 Å². The molecule has 1 N–H and O–H groups in total. The molecule has 0 saturated heterocycles. The van der Waals surface area contributed by atoms with Crippen LogP contribution in [0, 0.1) is 5.92 Å². The lowest BCUT2D eigenvalue weighted by Gasteiger charge is -2.37. The van der Waals surface area contributed by atoms with Crippen LogP contribution in [0.25, 0.3) is 0 Å². The Hall–Kier alpha value is -1.07. The van der Waals surface area contributed by atoms with Gasteiger partial charge in [0.15, 0.2) is 0 Å². The molecule has 0 aliphatic heterocycles. The van der Waals surface area contributed by atoms with Crippen molar-refractivity contribution in [2.75, 3.05) is 13.7 Å². The number of nitrogens with one attached hydrogen (secondary N) is 1. The van der Waals surface area contributed by atoms with Gasteiger partial charge >= 0.3 is 6.18 Å². The molecule has 21 heavy (non-hydrogen) atoms. The van der Waals surface area contributed by atoms with Crippen molar-refractivity contribution in [3.63, 3.8) is 0 Å². The number of halogens is 3. The van der Waals surface area contributed by atoms with E-state index >= 15 is 0 Å². The van der Waals surface area contributed by atoms with Crippen molar-refractivity contribution in [2.24, 2.45) is 5.92 Å². The van der Waals surface area contributed by atoms with Gasteiger partial charge in [-0.05, 0) is 50.8 Å². The van der Waals surface area contributed by atoms with Crippen LogP contribution in [0.4, 0.5) is 13.2 Å². The summed E-state index contributed by atoms with van der Waals surface area (Å²) in [7, 11) is 1.72. The molecular weight excluding hydrogens is 279 g/mol. The highest BCUT2D eigenvalue weighted by molar-refractivity contribution is 5.32. The summed E-state index contributed by atoms with van der Waals surface area (Å²) in [6.45, 7) is 2.66. The third-order valence-corrected chi connectivity index (χ3v) is 4.15. The van der Waals surface area contributed by atoms with Gasteiger partial charge in [-0.2, -0.15) is 13.2 Å². The first-order valence-corrected chi connectivity index (χ1v) is 7.40. The minimum Gasteiger partial charge on any atom is -0.378 e. The average molecular weight is 301 g/mol. The van der Waals surface area contributed by atoms with Crippen LogP contribution in [-0.2, 0) is 10.9 Å². The molecule has 118 valence electrons. The van der Waals surface area contributed by atoms with Gasteiger partial charge < -0.3 is 10.1 Å². The van der Waals surface area contributed by atoms with E-state index in [9.17, 15) is 13.2 Å². The van der Waals surface area contributed by atoms with Crippen LogP contribution < -0.4 is 5.32 Å². The highest BCUT2D eigenvalue weighted by Crippen LogP contribution is 2.40. The van der Waals surface area contributed by atoms with Crippen LogP contribution in [0.1, 0.15) is 43.4 Å². The molecule has 2 rings (SSSR count). The highest BCUT2D eigenvalue weighted by Gasteiger charge is 2.37. The van der Waals surface area contributed by atoms with Crippen molar-refractivity contribution in [3.8, 4) is 0 Å². The van der Waals surface area contributed by atoms with Crippen molar-refractivity contribution in [3.05, 3.63) is 35.4 Å². The molecule has 1 saturated carbocycles. The minimum absolute atomic E-state index is 0.268. The summed E-state index contributed by atoms with van der Waals surface area (Å²) in [4.78, 5) is 0. The summed E-state index contributed by atoms with van der Waals surface area (Å²) >= 11 is 0. The zero-order valence-corrected chi connectivity index (χ0v) is 12.4.